The van der Waals surface area contributed by atoms with Gasteiger partial charge in [0, 0.05) is 16.7 Å². The molecule has 0 bridgehead atoms. The van der Waals surface area contributed by atoms with E-state index in [-0.39, 0.29) is 5.91 Å². The molecule has 0 saturated heterocycles. The Kier molecular flexibility index (Phi) is 5.76. The molecule has 1 aromatic heterocycles. The van der Waals surface area contributed by atoms with Crippen LogP contribution in [0.4, 0.5) is 5.13 Å². The number of ether oxygens (including phenoxy) is 1. The quantitative estimate of drug-likeness (QED) is 0.704. The number of hydrogen-bond acceptors (Lipinski definition) is 4. The Balaban J connectivity index is 1.97. The molecule has 1 amide bonds. The lowest BCUT2D eigenvalue weighted by atomic mass is 10.2. The number of nitrogens with zero attached hydrogens (tertiary/aromatic N) is 2. The molecule has 1 heterocycles. The van der Waals surface area contributed by atoms with Gasteiger partial charge >= 0.3 is 0 Å². The van der Waals surface area contributed by atoms with E-state index in [4.69, 9.17) is 16.3 Å². The van der Waals surface area contributed by atoms with Crippen molar-refractivity contribution in [3.8, 4) is 5.75 Å². The number of methoxy groups -OCH3 is 1. The zero-order valence-corrected chi connectivity index (χ0v) is 16.5. The number of amides is 1. The zero-order valence-electron chi connectivity index (χ0n) is 15.0. The van der Waals surface area contributed by atoms with Gasteiger partial charge in [0.15, 0.2) is 5.13 Å². The highest BCUT2D eigenvalue weighted by Gasteiger charge is 2.22. The minimum Gasteiger partial charge on any atom is -0.497 e. The van der Waals surface area contributed by atoms with Crippen LogP contribution >= 0.6 is 22.9 Å². The molecule has 5 nitrogen and oxygen atoms in total. The van der Waals surface area contributed by atoms with Crippen LogP contribution in [0.5, 0.6) is 5.75 Å². The molecule has 0 fully saturated rings. The number of quaternary nitrogens is 1. The number of nitrogens with one attached hydrogen (secondary N) is 1. The van der Waals surface area contributed by atoms with E-state index >= 15 is 0 Å². The molecule has 0 atom stereocenters. The first kappa shape index (κ1) is 18.6. The molecule has 1 N–H and O–H groups in total. The lowest BCUT2D eigenvalue weighted by Crippen LogP contribution is -3.06. The average Bonchev–Trinajstić information content (AvgIpc) is 3.04. The highest BCUT2D eigenvalue weighted by Crippen LogP contribution is 2.31. The molecule has 26 heavy (non-hydrogen) atoms. The van der Waals surface area contributed by atoms with Gasteiger partial charge in [-0.05, 0) is 36.4 Å². The summed E-state index contributed by atoms with van der Waals surface area (Å²) < 4.78 is 6.29. The van der Waals surface area contributed by atoms with Gasteiger partial charge in [0.05, 0.1) is 44.5 Å². The first-order valence-corrected chi connectivity index (χ1v) is 9.48. The van der Waals surface area contributed by atoms with Gasteiger partial charge in [-0.3, -0.25) is 9.69 Å². The third-order valence-corrected chi connectivity index (χ3v) is 5.30. The third kappa shape index (κ3) is 4.15. The molecular weight excluding hydrogens is 370 g/mol. The van der Waals surface area contributed by atoms with Gasteiger partial charge < -0.3 is 9.64 Å². The highest BCUT2D eigenvalue weighted by molar-refractivity contribution is 7.22. The number of benzene rings is 2. The minimum atomic E-state index is -0.0751. The van der Waals surface area contributed by atoms with Crippen LogP contribution in [0, 0.1) is 0 Å². The van der Waals surface area contributed by atoms with E-state index in [1.165, 1.54) is 16.2 Å². The smallest absolute Gasteiger partial charge is 0.260 e. The van der Waals surface area contributed by atoms with Crippen LogP contribution in [0.25, 0.3) is 10.2 Å². The van der Waals surface area contributed by atoms with Crippen LogP contribution in [0.3, 0.4) is 0 Å². The Morgan fingerprint density at radius 3 is 2.62 bits per heavy atom. The number of fused-ring (bicyclic) bond motifs is 1. The van der Waals surface area contributed by atoms with Crippen molar-refractivity contribution in [3.05, 3.63) is 53.1 Å². The van der Waals surface area contributed by atoms with E-state index in [0.717, 1.165) is 22.5 Å². The van der Waals surface area contributed by atoms with Gasteiger partial charge in [-0.2, -0.15) is 0 Å². The van der Waals surface area contributed by atoms with E-state index in [0.29, 0.717) is 22.3 Å². The van der Waals surface area contributed by atoms with Gasteiger partial charge in [0.1, 0.15) is 5.75 Å². The third-order valence-electron chi connectivity index (χ3n) is 3.99. The van der Waals surface area contributed by atoms with Crippen LogP contribution in [-0.4, -0.2) is 45.2 Å². The Morgan fingerprint density at radius 1 is 1.23 bits per heavy atom. The normalized spacial score (nSPS) is 11.1. The predicted octanol–water partition coefficient (Wildman–Crippen LogP) is 2.75. The molecule has 2 aromatic carbocycles. The summed E-state index contributed by atoms with van der Waals surface area (Å²) >= 11 is 7.45. The molecule has 7 heteroatoms. The highest BCUT2D eigenvalue weighted by atomic mass is 35.5. The van der Waals surface area contributed by atoms with Crippen molar-refractivity contribution >= 4 is 44.2 Å². The van der Waals surface area contributed by atoms with Crippen molar-refractivity contribution in [2.24, 2.45) is 0 Å². The molecule has 0 saturated carbocycles. The summed E-state index contributed by atoms with van der Waals surface area (Å²) in [6.45, 7) is 1.40. The SMILES string of the molecule is COc1ccc2sc(N(CC[NH+](C)C)C(=O)c3ccc(Cl)cc3)nc2c1. The van der Waals surface area contributed by atoms with Crippen molar-refractivity contribution in [2.45, 2.75) is 0 Å². The lowest BCUT2D eigenvalue weighted by molar-refractivity contribution is -0.856. The zero-order chi connectivity index (χ0) is 18.7. The largest absolute Gasteiger partial charge is 0.497 e. The molecule has 0 aliphatic heterocycles. The number of hydrogen-bond donors (Lipinski definition) is 1. The Labute approximate surface area is 161 Å². The maximum absolute atomic E-state index is 13.1. The predicted molar refractivity (Wildman–Crippen MR) is 107 cm³/mol. The van der Waals surface area contributed by atoms with Gasteiger partial charge in [-0.25, -0.2) is 4.98 Å². The average molecular weight is 391 g/mol. The van der Waals surface area contributed by atoms with Crippen LogP contribution in [0.2, 0.25) is 5.02 Å². The van der Waals surface area contributed by atoms with E-state index < -0.39 is 0 Å². The fourth-order valence-corrected chi connectivity index (χ4v) is 3.60. The summed E-state index contributed by atoms with van der Waals surface area (Å²) in [6.07, 6.45) is 0. The number of anilines is 1. The van der Waals surface area contributed by atoms with Crippen molar-refractivity contribution in [1.82, 2.24) is 4.98 Å². The maximum Gasteiger partial charge on any atom is 0.260 e. The molecule has 3 rings (SSSR count). The molecule has 0 spiro atoms. The summed E-state index contributed by atoms with van der Waals surface area (Å²) in [5.74, 6) is 0.677. The Hall–Kier alpha value is -2.15. The molecule has 3 aromatic rings. The summed E-state index contributed by atoms with van der Waals surface area (Å²) in [6, 6.07) is 12.7. The Morgan fingerprint density at radius 2 is 1.96 bits per heavy atom. The number of likely N-dealkylation sites (N-methyl/N-ethyl adjacent to an activating group) is 1. The van der Waals surface area contributed by atoms with Crippen molar-refractivity contribution in [1.29, 1.82) is 0 Å². The first-order valence-electron chi connectivity index (χ1n) is 8.29. The van der Waals surface area contributed by atoms with E-state index in [1.807, 2.05) is 18.2 Å². The maximum atomic E-state index is 13.1. The molecule has 0 unspecified atom stereocenters. The fraction of sp³-hybridized carbons (Fsp3) is 0.263. The lowest BCUT2D eigenvalue weighted by Gasteiger charge is -2.20. The van der Waals surface area contributed by atoms with Crippen molar-refractivity contribution in [2.75, 3.05) is 39.2 Å². The minimum absolute atomic E-state index is 0.0751. The second-order valence-electron chi connectivity index (χ2n) is 6.25. The standard InChI is InChI=1S/C19H20ClN3O2S/c1-22(2)10-11-23(18(24)13-4-6-14(20)7-5-13)19-21-16-12-15(25-3)8-9-17(16)26-19/h4-9,12H,10-11H2,1-3H3/p+1. The molecule has 0 aliphatic rings. The Bertz CT molecular complexity index is 909. The fourth-order valence-electron chi connectivity index (χ4n) is 2.51. The van der Waals surface area contributed by atoms with Crippen LogP contribution < -0.4 is 14.5 Å². The topological polar surface area (TPSA) is 46.9 Å². The van der Waals surface area contributed by atoms with Crippen molar-refractivity contribution in [3.63, 3.8) is 0 Å². The number of aromatic nitrogens is 1. The molecule has 0 aliphatic carbocycles. The van der Waals surface area contributed by atoms with E-state index in [1.54, 1.807) is 36.3 Å². The van der Waals surface area contributed by atoms with E-state index in [9.17, 15) is 4.79 Å². The number of halogens is 1. The summed E-state index contributed by atoms with van der Waals surface area (Å²) in [7, 11) is 5.76. The van der Waals surface area contributed by atoms with Gasteiger partial charge in [-0.1, -0.05) is 22.9 Å². The number of thiazole rings is 1. The van der Waals surface area contributed by atoms with Gasteiger partial charge in [-0.15, -0.1) is 0 Å². The van der Waals surface area contributed by atoms with Crippen LogP contribution in [0.1, 0.15) is 10.4 Å². The summed E-state index contributed by atoms with van der Waals surface area (Å²) in [5.41, 5.74) is 1.43. The molecule has 136 valence electrons. The van der Waals surface area contributed by atoms with Gasteiger partial charge in [0.25, 0.3) is 5.91 Å². The number of carbonyl (C=O) groups excluding carboxylic acids is 1. The number of rotatable bonds is 6. The summed E-state index contributed by atoms with van der Waals surface area (Å²) in [4.78, 5) is 20.8. The van der Waals surface area contributed by atoms with Gasteiger partial charge in [0.2, 0.25) is 0 Å². The monoisotopic (exact) mass is 390 g/mol. The second-order valence-corrected chi connectivity index (χ2v) is 7.70. The van der Waals surface area contributed by atoms with Crippen molar-refractivity contribution < 1.29 is 14.4 Å². The second kappa shape index (κ2) is 8.03. The van der Waals surface area contributed by atoms with Crippen LogP contribution in [0.15, 0.2) is 42.5 Å². The van der Waals surface area contributed by atoms with E-state index in [2.05, 4.69) is 19.1 Å². The summed E-state index contributed by atoms with van der Waals surface area (Å²) in [5, 5.41) is 1.30. The molecular formula is C19H21ClN3O2S+. The first-order chi connectivity index (χ1) is 12.5. The number of carbonyl (C=O) groups is 1. The molecule has 0 radical (unpaired) electrons. The van der Waals surface area contributed by atoms with Crippen LogP contribution in [-0.2, 0) is 0 Å².